The largest absolute Gasteiger partial charge is 0.288 e. The Labute approximate surface area is 145 Å². The normalized spacial score (nSPS) is 11.2. The van der Waals surface area contributed by atoms with E-state index in [1.807, 2.05) is 0 Å². The van der Waals surface area contributed by atoms with Crippen LogP contribution in [0.1, 0.15) is 15.9 Å². The Hall–Kier alpha value is -3.21. The van der Waals surface area contributed by atoms with Gasteiger partial charge in [-0.25, -0.2) is 17.6 Å². The minimum absolute atomic E-state index is 0.00106. The molecular formula is C21H10F4O. The van der Waals surface area contributed by atoms with Gasteiger partial charge in [0.2, 0.25) is 5.78 Å². The molecule has 0 bridgehead atoms. The molecule has 5 heteroatoms. The van der Waals surface area contributed by atoms with Crippen molar-refractivity contribution in [2.24, 2.45) is 0 Å². The third-order valence-electron chi connectivity index (χ3n) is 4.33. The van der Waals surface area contributed by atoms with E-state index in [0.717, 1.165) is 12.1 Å². The van der Waals surface area contributed by atoms with Gasteiger partial charge in [-0.3, -0.25) is 4.79 Å². The van der Waals surface area contributed by atoms with Crippen LogP contribution in [-0.4, -0.2) is 5.78 Å². The number of ketones is 1. The van der Waals surface area contributed by atoms with Crippen molar-refractivity contribution in [2.75, 3.05) is 0 Å². The number of rotatable bonds is 2. The maximum atomic E-state index is 14.7. The van der Waals surface area contributed by atoms with Gasteiger partial charge in [-0.05, 0) is 22.9 Å². The van der Waals surface area contributed by atoms with Crippen LogP contribution in [0.5, 0.6) is 0 Å². The fourth-order valence-electron chi connectivity index (χ4n) is 3.08. The second kappa shape index (κ2) is 5.95. The van der Waals surface area contributed by atoms with Crippen LogP contribution < -0.4 is 0 Å². The highest BCUT2D eigenvalue weighted by Gasteiger charge is 2.27. The number of hydrogen-bond acceptors (Lipinski definition) is 1. The van der Waals surface area contributed by atoms with Gasteiger partial charge in [0.05, 0.1) is 11.1 Å². The van der Waals surface area contributed by atoms with Crippen molar-refractivity contribution in [3.8, 4) is 0 Å². The fourth-order valence-corrected chi connectivity index (χ4v) is 3.08. The molecule has 0 spiro atoms. The van der Waals surface area contributed by atoms with Crippen LogP contribution in [0.25, 0.3) is 21.5 Å². The van der Waals surface area contributed by atoms with Crippen molar-refractivity contribution in [3.05, 3.63) is 95.1 Å². The molecular weight excluding hydrogens is 344 g/mol. The average molecular weight is 354 g/mol. The van der Waals surface area contributed by atoms with Crippen molar-refractivity contribution in [2.45, 2.75) is 0 Å². The van der Waals surface area contributed by atoms with Crippen molar-refractivity contribution in [1.29, 1.82) is 0 Å². The molecule has 26 heavy (non-hydrogen) atoms. The first-order chi connectivity index (χ1) is 12.5. The van der Waals surface area contributed by atoms with Gasteiger partial charge < -0.3 is 0 Å². The molecule has 0 aliphatic rings. The third kappa shape index (κ3) is 2.36. The smallest absolute Gasteiger partial charge is 0.204 e. The Morgan fingerprint density at radius 1 is 0.615 bits per heavy atom. The lowest BCUT2D eigenvalue weighted by Crippen LogP contribution is -2.12. The molecule has 4 aromatic rings. The van der Waals surface area contributed by atoms with Gasteiger partial charge in [0.25, 0.3) is 0 Å². The van der Waals surface area contributed by atoms with Crippen LogP contribution in [0.4, 0.5) is 17.6 Å². The standard InChI is InChI=1S/C21H10F4O/c22-15-9-11-5-1-3-7-13(11)19(24)17(15)21(26)18-16(23)10-12-6-2-4-8-14(12)20(18)25/h1-10H. The van der Waals surface area contributed by atoms with Gasteiger partial charge in [0.15, 0.2) is 0 Å². The van der Waals surface area contributed by atoms with Gasteiger partial charge in [-0.2, -0.15) is 0 Å². The molecule has 0 aromatic heterocycles. The molecule has 4 aromatic carbocycles. The molecule has 1 nitrogen and oxygen atoms in total. The molecule has 128 valence electrons. The van der Waals surface area contributed by atoms with Crippen molar-refractivity contribution < 1.29 is 22.4 Å². The maximum Gasteiger partial charge on any atom is 0.204 e. The van der Waals surface area contributed by atoms with Crippen LogP contribution in [0, 0.1) is 23.3 Å². The molecule has 0 N–H and O–H groups in total. The van der Waals surface area contributed by atoms with Crippen molar-refractivity contribution >= 4 is 27.3 Å². The lowest BCUT2D eigenvalue weighted by molar-refractivity contribution is 0.102. The summed E-state index contributed by atoms with van der Waals surface area (Å²) in [6.07, 6.45) is 0. The van der Waals surface area contributed by atoms with Crippen LogP contribution >= 0.6 is 0 Å². The van der Waals surface area contributed by atoms with Gasteiger partial charge in [0, 0.05) is 10.8 Å². The summed E-state index contributed by atoms with van der Waals surface area (Å²) in [5, 5.41) is 0.495. The number of halogens is 4. The van der Waals surface area contributed by atoms with Gasteiger partial charge in [0.1, 0.15) is 23.3 Å². The zero-order chi connectivity index (χ0) is 18.4. The molecule has 4 rings (SSSR count). The average Bonchev–Trinajstić information content (AvgIpc) is 2.62. The molecule has 0 aliphatic heterocycles. The third-order valence-corrected chi connectivity index (χ3v) is 4.33. The Morgan fingerprint density at radius 3 is 1.42 bits per heavy atom. The predicted octanol–water partition coefficient (Wildman–Crippen LogP) is 5.78. The number of benzene rings is 4. The van der Waals surface area contributed by atoms with E-state index >= 15 is 0 Å². The minimum Gasteiger partial charge on any atom is -0.288 e. The zero-order valence-electron chi connectivity index (χ0n) is 13.2. The zero-order valence-corrected chi connectivity index (χ0v) is 13.2. The van der Waals surface area contributed by atoms with E-state index in [4.69, 9.17) is 0 Å². The Morgan fingerprint density at radius 2 is 1.00 bits per heavy atom. The molecule has 0 radical (unpaired) electrons. The molecule has 0 saturated carbocycles. The van der Waals surface area contributed by atoms with E-state index in [-0.39, 0.29) is 21.5 Å². The Balaban J connectivity index is 2.00. The van der Waals surface area contributed by atoms with Gasteiger partial charge in [-0.15, -0.1) is 0 Å². The molecule has 0 atom stereocenters. The van der Waals surface area contributed by atoms with Crippen LogP contribution in [-0.2, 0) is 0 Å². The van der Waals surface area contributed by atoms with E-state index in [1.54, 1.807) is 12.1 Å². The number of hydrogen-bond donors (Lipinski definition) is 0. The molecule has 0 amide bonds. The molecule has 0 saturated heterocycles. The molecule has 0 aliphatic carbocycles. The quantitative estimate of drug-likeness (QED) is 0.329. The molecule has 0 unspecified atom stereocenters. The van der Waals surface area contributed by atoms with Gasteiger partial charge >= 0.3 is 0 Å². The van der Waals surface area contributed by atoms with Crippen LogP contribution in [0.2, 0.25) is 0 Å². The summed E-state index contributed by atoms with van der Waals surface area (Å²) in [6.45, 7) is 0. The topological polar surface area (TPSA) is 17.1 Å². The number of carbonyl (C=O) groups is 1. The van der Waals surface area contributed by atoms with E-state index in [1.165, 1.54) is 36.4 Å². The summed E-state index contributed by atoms with van der Waals surface area (Å²) in [7, 11) is 0. The first-order valence-corrected chi connectivity index (χ1v) is 7.77. The van der Waals surface area contributed by atoms with Crippen LogP contribution in [0.15, 0.2) is 60.7 Å². The first kappa shape index (κ1) is 16.3. The number of carbonyl (C=O) groups excluding carboxylic acids is 1. The lowest BCUT2D eigenvalue weighted by Gasteiger charge is -2.11. The Bertz CT molecular complexity index is 1100. The summed E-state index contributed by atoms with van der Waals surface area (Å²) < 4.78 is 58.3. The van der Waals surface area contributed by atoms with E-state index in [0.29, 0.717) is 0 Å². The second-order valence-corrected chi connectivity index (χ2v) is 5.87. The van der Waals surface area contributed by atoms with E-state index < -0.39 is 40.2 Å². The van der Waals surface area contributed by atoms with Crippen molar-refractivity contribution in [1.82, 2.24) is 0 Å². The summed E-state index contributed by atoms with van der Waals surface area (Å²) in [5.74, 6) is -5.99. The summed E-state index contributed by atoms with van der Waals surface area (Å²) in [4.78, 5) is 12.7. The summed E-state index contributed by atoms with van der Waals surface area (Å²) >= 11 is 0. The van der Waals surface area contributed by atoms with Crippen LogP contribution in [0.3, 0.4) is 0 Å². The minimum atomic E-state index is -1.37. The summed E-state index contributed by atoms with van der Waals surface area (Å²) in [5.41, 5.74) is -1.95. The maximum absolute atomic E-state index is 14.7. The fraction of sp³-hybridized carbons (Fsp3) is 0. The summed E-state index contributed by atoms with van der Waals surface area (Å²) in [6, 6.07) is 13.9. The highest BCUT2D eigenvalue weighted by Crippen LogP contribution is 2.30. The van der Waals surface area contributed by atoms with Crippen molar-refractivity contribution in [3.63, 3.8) is 0 Å². The first-order valence-electron chi connectivity index (χ1n) is 7.77. The van der Waals surface area contributed by atoms with E-state index in [2.05, 4.69) is 0 Å². The molecule has 0 fully saturated rings. The highest BCUT2D eigenvalue weighted by molar-refractivity contribution is 6.13. The Kier molecular flexibility index (Phi) is 3.72. The SMILES string of the molecule is O=C(c1c(F)cc2ccccc2c1F)c1c(F)cc2ccccc2c1F. The van der Waals surface area contributed by atoms with E-state index in [9.17, 15) is 22.4 Å². The van der Waals surface area contributed by atoms with Gasteiger partial charge in [-0.1, -0.05) is 48.5 Å². The molecule has 0 heterocycles. The number of fused-ring (bicyclic) bond motifs is 2. The highest BCUT2D eigenvalue weighted by atomic mass is 19.1. The lowest BCUT2D eigenvalue weighted by atomic mass is 9.95. The monoisotopic (exact) mass is 354 g/mol. The predicted molar refractivity (Wildman–Crippen MR) is 91.2 cm³/mol. The second-order valence-electron chi connectivity index (χ2n) is 5.87.